The van der Waals surface area contributed by atoms with Gasteiger partial charge in [-0.05, 0) is 77.5 Å². The summed E-state index contributed by atoms with van der Waals surface area (Å²) in [6.07, 6.45) is 0.880. The Morgan fingerprint density at radius 2 is 1.67 bits per heavy atom. The first kappa shape index (κ1) is 22.6. The predicted molar refractivity (Wildman–Crippen MR) is 130 cm³/mol. The monoisotopic (exact) mass is 463 g/mol. The average Bonchev–Trinajstić information content (AvgIpc) is 2.81. The number of nitrogens with one attached hydrogen (secondary N) is 2. The molecule has 0 aliphatic carbocycles. The fraction of sp³-hybridized carbons (Fsp3) is 0.154. The Morgan fingerprint density at radius 1 is 0.970 bits per heavy atom. The summed E-state index contributed by atoms with van der Waals surface area (Å²) in [5.41, 5.74) is 3.43. The van der Waals surface area contributed by atoms with E-state index in [2.05, 4.69) is 17.2 Å². The lowest BCUT2D eigenvalue weighted by molar-refractivity contribution is 0.206. The second-order valence-corrected chi connectivity index (χ2v) is 8.25. The highest BCUT2D eigenvalue weighted by molar-refractivity contribution is 6.30. The molecule has 0 fully saturated rings. The maximum Gasteiger partial charge on any atom is 0.322 e. The summed E-state index contributed by atoms with van der Waals surface area (Å²) in [6, 6.07) is 20.0. The molecule has 0 unspecified atom stereocenters. The largest absolute Gasteiger partial charge is 0.322 e. The molecule has 1 heterocycles. The molecule has 0 spiro atoms. The van der Waals surface area contributed by atoms with Gasteiger partial charge in [0.2, 0.25) is 0 Å². The van der Waals surface area contributed by atoms with E-state index in [4.69, 9.17) is 11.6 Å². The van der Waals surface area contributed by atoms with Crippen molar-refractivity contribution in [3.63, 3.8) is 0 Å². The van der Waals surface area contributed by atoms with Crippen LogP contribution in [0.2, 0.25) is 5.02 Å². The lowest BCUT2D eigenvalue weighted by Crippen LogP contribution is -2.35. The molecule has 7 heteroatoms. The number of carbonyl (C=O) groups excluding carboxylic acids is 1. The highest BCUT2D eigenvalue weighted by atomic mass is 35.5. The summed E-state index contributed by atoms with van der Waals surface area (Å²) < 4.78 is 13.4. The van der Waals surface area contributed by atoms with E-state index in [-0.39, 0.29) is 30.5 Å². The molecule has 0 saturated carbocycles. The Kier molecular flexibility index (Phi) is 6.75. The molecule has 0 saturated heterocycles. The van der Waals surface area contributed by atoms with Crippen LogP contribution in [0.4, 0.5) is 14.9 Å². The molecule has 2 amide bonds. The average molecular weight is 464 g/mol. The third-order valence-corrected chi connectivity index (χ3v) is 5.68. The van der Waals surface area contributed by atoms with Gasteiger partial charge in [-0.1, -0.05) is 36.7 Å². The van der Waals surface area contributed by atoms with E-state index >= 15 is 0 Å². The highest BCUT2D eigenvalue weighted by Crippen LogP contribution is 2.18. The number of halogens is 2. The lowest BCUT2D eigenvalue weighted by atomic mass is 10.1. The molecule has 1 aromatic heterocycles. The Bertz CT molecular complexity index is 1330. The van der Waals surface area contributed by atoms with Gasteiger partial charge in [0, 0.05) is 28.3 Å². The Morgan fingerprint density at radius 3 is 2.36 bits per heavy atom. The third kappa shape index (κ3) is 5.59. The van der Waals surface area contributed by atoms with Crippen molar-refractivity contribution in [3.05, 3.63) is 111 Å². The van der Waals surface area contributed by atoms with E-state index in [1.54, 1.807) is 36.4 Å². The number of pyridine rings is 1. The summed E-state index contributed by atoms with van der Waals surface area (Å²) in [4.78, 5) is 30.3. The molecule has 3 aromatic carbocycles. The van der Waals surface area contributed by atoms with Crippen molar-refractivity contribution in [2.75, 3.05) is 5.32 Å². The number of carbonyl (C=O) groups is 1. The van der Waals surface area contributed by atoms with Crippen molar-refractivity contribution in [1.82, 2.24) is 9.88 Å². The van der Waals surface area contributed by atoms with Crippen molar-refractivity contribution >= 4 is 34.2 Å². The zero-order valence-electron chi connectivity index (χ0n) is 18.1. The fourth-order valence-electron chi connectivity index (χ4n) is 3.59. The van der Waals surface area contributed by atoms with E-state index in [1.165, 1.54) is 17.0 Å². The SMILES string of the molecule is CCc1ccc2[nH]c(=O)c(CN(Cc3ccc(F)cc3)C(=O)Nc3ccc(Cl)cc3)cc2c1. The van der Waals surface area contributed by atoms with Crippen LogP contribution >= 0.6 is 11.6 Å². The van der Waals surface area contributed by atoms with Gasteiger partial charge < -0.3 is 15.2 Å². The minimum atomic E-state index is -0.386. The van der Waals surface area contributed by atoms with E-state index in [1.807, 2.05) is 24.3 Å². The number of benzene rings is 3. The fourth-order valence-corrected chi connectivity index (χ4v) is 3.72. The summed E-state index contributed by atoms with van der Waals surface area (Å²) in [5.74, 6) is -0.353. The molecule has 0 aliphatic heterocycles. The van der Waals surface area contributed by atoms with E-state index in [0.717, 1.165) is 28.5 Å². The molecule has 5 nitrogen and oxygen atoms in total. The number of anilines is 1. The number of hydrogen-bond acceptors (Lipinski definition) is 2. The first-order chi connectivity index (χ1) is 15.9. The number of H-pyrrole nitrogens is 1. The van der Waals surface area contributed by atoms with E-state index in [9.17, 15) is 14.0 Å². The number of amides is 2. The van der Waals surface area contributed by atoms with Crippen LogP contribution in [-0.2, 0) is 19.5 Å². The number of fused-ring (bicyclic) bond motifs is 1. The number of nitrogens with zero attached hydrogens (tertiary/aromatic N) is 1. The van der Waals surface area contributed by atoms with Gasteiger partial charge in [0.05, 0.1) is 6.54 Å². The molecule has 4 rings (SSSR count). The van der Waals surface area contributed by atoms with Crippen LogP contribution < -0.4 is 10.9 Å². The summed E-state index contributed by atoms with van der Waals surface area (Å²) in [7, 11) is 0. The third-order valence-electron chi connectivity index (χ3n) is 5.42. The standard InChI is InChI=1S/C26H23ClFN3O2/c1-2-17-5-12-24-19(13-17)14-20(25(32)30-24)16-31(15-18-3-8-22(28)9-4-18)26(33)29-23-10-6-21(27)7-11-23/h3-14H,2,15-16H2,1H3,(H,29,33)(H,30,32). The molecule has 4 aromatic rings. The Hall–Kier alpha value is -3.64. The predicted octanol–water partition coefficient (Wildman–Crippen LogP) is 6.12. The summed E-state index contributed by atoms with van der Waals surface area (Å²) in [6.45, 7) is 2.35. The van der Waals surface area contributed by atoms with Gasteiger partial charge in [0.15, 0.2) is 0 Å². The normalized spacial score (nSPS) is 10.9. The lowest BCUT2D eigenvalue weighted by Gasteiger charge is -2.23. The number of rotatable bonds is 6. The zero-order chi connectivity index (χ0) is 23.4. The molecular weight excluding hydrogens is 441 g/mol. The first-order valence-electron chi connectivity index (χ1n) is 10.6. The second-order valence-electron chi connectivity index (χ2n) is 7.82. The zero-order valence-corrected chi connectivity index (χ0v) is 18.8. The molecule has 0 bridgehead atoms. The van der Waals surface area contributed by atoms with Crippen molar-refractivity contribution in [2.45, 2.75) is 26.4 Å². The van der Waals surface area contributed by atoms with Gasteiger partial charge >= 0.3 is 6.03 Å². The van der Waals surface area contributed by atoms with Gasteiger partial charge in [-0.3, -0.25) is 4.79 Å². The van der Waals surface area contributed by atoms with Gasteiger partial charge in [0.25, 0.3) is 5.56 Å². The minimum Gasteiger partial charge on any atom is -0.322 e. The first-order valence-corrected chi connectivity index (χ1v) is 11.0. The number of hydrogen-bond donors (Lipinski definition) is 2. The molecule has 0 aliphatic rings. The highest BCUT2D eigenvalue weighted by Gasteiger charge is 2.17. The number of aromatic amines is 1. The van der Waals surface area contributed by atoms with E-state index < -0.39 is 0 Å². The van der Waals surface area contributed by atoms with Crippen LogP contribution in [0.1, 0.15) is 23.6 Å². The second kappa shape index (κ2) is 9.88. The van der Waals surface area contributed by atoms with Crippen LogP contribution in [0.15, 0.2) is 77.6 Å². The number of urea groups is 1. The maximum atomic E-state index is 13.4. The molecular formula is C26H23ClFN3O2. The van der Waals surface area contributed by atoms with Gasteiger partial charge in [-0.25, -0.2) is 9.18 Å². The summed E-state index contributed by atoms with van der Waals surface area (Å²) >= 11 is 5.93. The topological polar surface area (TPSA) is 65.2 Å². The van der Waals surface area contributed by atoms with Crippen LogP contribution in [0, 0.1) is 5.82 Å². The Balaban J connectivity index is 1.65. The van der Waals surface area contributed by atoms with Gasteiger partial charge in [-0.15, -0.1) is 0 Å². The molecule has 0 radical (unpaired) electrons. The van der Waals surface area contributed by atoms with Gasteiger partial charge in [0.1, 0.15) is 5.82 Å². The number of aromatic nitrogens is 1. The van der Waals surface area contributed by atoms with Crippen LogP contribution in [-0.4, -0.2) is 15.9 Å². The quantitative estimate of drug-likeness (QED) is 0.362. The number of aryl methyl sites for hydroxylation is 1. The van der Waals surface area contributed by atoms with Crippen molar-refractivity contribution in [2.24, 2.45) is 0 Å². The van der Waals surface area contributed by atoms with Crippen LogP contribution in [0.5, 0.6) is 0 Å². The Labute approximate surface area is 195 Å². The van der Waals surface area contributed by atoms with Crippen LogP contribution in [0.25, 0.3) is 10.9 Å². The molecule has 0 atom stereocenters. The molecule has 2 N–H and O–H groups in total. The minimum absolute atomic E-state index is 0.0818. The summed E-state index contributed by atoms with van der Waals surface area (Å²) in [5, 5.41) is 4.30. The van der Waals surface area contributed by atoms with Crippen molar-refractivity contribution in [3.8, 4) is 0 Å². The molecule has 33 heavy (non-hydrogen) atoms. The molecule has 168 valence electrons. The van der Waals surface area contributed by atoms with Crippen molar-refractivity contribution in [1.29, 1.82) is 0 Å². The van der Waals surface area contributed by atoms with Crippen molar-refractivity contribution < 1.29 is 9.18 Å². The van der Waals surface area contributed by atoms with Crippen LogP contribution in [0.3, 0.4) is 0 Å². The smallest absolute Gasteiger partial charge is 0.322 e. The van der Waals surface area contributed by atoms with Gasteiger partial charge in [-0.2, -0.15) is 0 Å². The van der Waals surface area contributed by atoms with E-state index in [0.29, 0.717) is 16.3 Å². The maximum absolute atomic E-state index is 13.4.